The molecule has 5 aromatic carbocycles. The van der Waals surface area contributed by atoms with E-state index < -0.39 is 0 Å². The van der Waals surface area contributed by atoms with E-state index in [-0.39, 0.29) is 0 Å². The molecule has 0 saturated carbocycles. The van der Waals surface area contributed by atoms with Crippen LogP contribution in [-0.4, -0.2) is 14.0 Å². The molecule has 0 saturated heterocycles. The van der Waals surface area contributed by atoms with E-state index in [1.165, 1.54) is 21.8 Å². The van der Waals surface area contributed by atoms with Crippen molar-refractivity contribution in [2.24, 2.45) is 0 Å². The Hall–Kier alpha value is -5.09. The van der Waals surface area contributed by atoms with Crippen LogP contribution in [0.25, 0.3) is 67.0 Å². The SMILES string of the molecule is c1ccc(-c2nc3oc4ccccc4n3c2-c2ccc3c(c2)c2ccccc2n3-c2ccccc2)cc1. The maximum Gasteiger partial charge on any atom is 0.307 e. The first-order chi connectivity index (χ1) is 18.4. The van der Waals surface area contributed by atoms with Gasteiger partial charge >= 0.3 is 5.84 Å². The Morgan fingerprint density at radius 2 is 1.22 bits per heavy atom. The fourth-order valence-electron chi connectivity index (χ4n) is 5.56. The highest BCUT2D eigenvalue weighted by atomic mass is 16.4. The summed E-state index contributed by atoms with van der Waals surface area (Å²) in [7, 11) is 0. The molecule has 3 heterocycles. The third-order valence-corrected chi connectivity index (χ3v) is 7.16. The van der Waals surface area contributed by atoms with E-state index in [1.807, 2.05) is 24.3 Å². The second-order valence-electron chi connectivity index (χ2n) is 9.28. The molecule has 0 radical (unpaired) electrons. The minimum absolute atomic E-state index is 0.599. The van der Waals surface area contributed by atoms with Crippen molar-refractivity contribution < 1.29 is 4.42 Å². The molecule has 8 aromatic rings. The summed E-state index contributed by atoms with van der Waals surface area (Å²) < 4.78 is 10.7. The number of rotatable bonds is 3. The third kappa shape index (κ3) is 2.93. The highest BCUT2D eigenvalue weighted by Crippen LogP contribution is 2.39. The molecule has 0 amide bonds. The summed E-state index contributed by atoms with van der Waals surface area (Å²) >= 11 is 0. The second-order valence-corrected chi connectivity index (χ2v) is 9.28. The Labute approximate surface area is 212 Å². The Kier molecular flexibility index (Phi) is 4.19. The largest absolute Gasteiger partial charge is 0.423 e. The summed E-state index contributed by atoms with van der Waals surface area (Å²) in [5.41, 5.74) is 9.46. The Balaban J connectivity index is 1.47. The van der Waals surface area contributed by atoms with Gasteiger partial charge in [0, 0.05) is 27.6 Å². The topological polar surface area (TPSA) is 35.4 Å². The Morgan fingerprint density at radius 1 is 0.541 bits per heavy atom. The number of hydrogen-bond acceptors (Lipinski definition) is 2. The molecular formula is C33H21N3O. The van der Waals surface area contributed by atoms with E-state index in [4.69, 9.17) is 9.40 Å². The maximum absolute atomic E-state index is 6.18. The van der Waals surface area contributed by atoms with Gasteiger partial charge in [0.25, 0.3) is 0 Å². The molecule has 3 aromatic heterocycles. The van der Waals surface area contributed by atoms with Crippen molar-refractivity contribution in [3.63, 3.8) is 0 Å². The molecule has 4 nitrogen and oxygen atoms in total. The first-order valence-corrected chi connectivity index (χ1v) is 12.4. The van der Waals surface area contributed by atoms with Crippen LogP contribution in [-0.2, 0) is 0 Å². The van der Waals surface area contributed by atoms with Crippen molar-refractivity contribution in [1.82, 2.24) is 14.0 Å². The van der Waals surface area contributed by atoms with Crippen LogP contribution in [0.2, 0.25) is 0 Å². The molecule has 0 N–H and O–H groups in total. The van der Waals surface area contributed by atoms with E-state index in [9.17, 15) is 0 Å². The molecule has 174 valence electrons. The summed E-state index contributed by atoms with van der Waals surface area (Å²) in [6, 6.07) is 44.4. The van der Waals surface area contributed by atoms with Crippen LogP contribution < -0.4 is 0 Å². The minimum Gasteiger partial charge on any atom is -0.423 e. The van der Waals surface area contributed by atoms with Crippen LogP contribution in [0.4, 0.5) is 0 Å². The maximum atomic E-state index is 6.18. The monoisotopic (exact) mass is 475 g/mol. The van der Waals surface area contributed by atoms with E-state index in [0.29, 0.717) is 5.84 Å². The molecule has 0 spiro atoms. The predicted octanol–water partition coefficient (Wildman–Crippen LogP) is 8.51. The second kappa shape index (κ2) is 7.70. The van der Waals surface area contributed by atoms with E-state index in [1.54, 1.807) is 0 Å². The van der Waals surface area contributed by atoms with Crippen LogP contribution >= 0.6 is 0 Å². The van der Waals surface area contributed by atoms with Crippen molar-refractivity contribution in [1.29, 1.82) is 0 Å². The predicted molar refractivity (Wildman–Crippen MR) is 150 cm³/mol. The van der Waals surface area contributed by atoms with Crippen LogP contribution in [0.3, 0.4) is 0 Å². The van der Waals surface area contributed by atoms with Gasteiger partial charge in [-0.05, 0) is 42.5 Å². The van der Waals surface area contributed by atoms with Crippen molar-refractivity contribution in [3.8, 4) is 28.2 Å². The molecule has 0 fully saturated rings. The van der Waals surface area contributed by atoms with Gasteiger partial charge in [-0.15, -0.1) is 0 Å². The zero-order chi connectivity index (χ0) is 24.3. The fraction of sp³-hybridized carbons (Fsp3) is 0. The van der Waals surface area contributed by atoms with E-state index in [0.717, 1.165) is 39.3 Å². The van der Waals surface area contributed by atoms with Crippen molar-refractivity contribution in [3.05, 3.63) is 127 Å². The highest BCUT2D eigenvalue weighted by Gasteiger charge is 2.22. The average Bonchev–Trinajstić information content (AvgIpc) is 3.61. The lowest BCUT2D eigenvalue weighted by Crippen LogP contribution is -1.93. The molecule has 0 aliphatic carbocycles. The Morgan fingerprint density at radius 3 is 2.05 bits per heavy atom. The number of para-hydroxylation sites is 4. The van der Waals surface area contributed by atoms with Crippen molar-refractivity contribution in [2.75, 3.05) is 0 Å². The number of oxazole rings is 1. The van der Waals surface area contributed by atoms with Gasteiger partial charge in [0.2, 0.25) is 0 Å². The van der Waals surface area contributed by atoms with Crippen molar-refractivity contribution >= 4 is 38.7 Å². The summed E-state index contributed by atoms with van der Waals surface area (Å²) in [6.45, 7) is 0. The molecule has 0 bridgehead atoms. The van der Waals surface area contributed by atoms with Crippen molar-refractivity contribution in [2.45, 2.75) is 0 Å². The van der Waals surface area contributed by atoms with Crippen LogP contribution in [0.15, 0.2) is 132 Å². The van der Waals surface area contributed by atoms with Gasteiger partial charge in [0.15, 0.2) is 5.58 Å². The molecule has 0 aliphatic rings. The molecule has 0 aliphatic heterocycles. The fourth-order valence-corrected chi connectivity index (χ4v) is 5.56. The molecule has 0 unspecified atom stereocenters. The molecular weight excluding hydrogens is 454 g/mol. The number of benzene rings is 5. The standard InChI is InChI=1S/C33H21N3O/c1-3-11-22(12-4-1)31-32(36-29-17-9-10-18-30(29)37-33(36)34-31)23-19-20-28-26(21-23)25-15-7-8-16-27(25)35(28)24-13-5-2-6-14-24/h1-21H. The van der Waals surface area contributed by atoms with Gasteiger partial charge in [0.05, 0.1) is 22.2 Å². The summed E-state index contributed by atoms with van der Waals surface area (Å²) in [5.74, 6) is 0.599. The lowest BCUT2D eigenvalue weighted by Gasteiger charge is -2.09. The number of aromatic nitrogens is 3. The zero-order valence-corrected chi connectivity index (χ0v) is 19.9. The lowest BCUT2D eigenvalue weighted by molar-refractivity contribution is 0.642. The summed E-state index contributed by atoms with van der Waals surface area (Å²) in [5, 5.41) is 2.43. The molecule has 0 atom stereocenters. The van der Waals surface area contributed by atoms with Gasteiger partial charge in [-0.3, -0.25) is 4.40 Å². The quantitative estimate of drug-likeness (QED) is 0.257. The van der Waals surface area contributed by atoms with Crippen LogP contribution in [0.1, 0.15) is 0 Å². The van der Waals surface area contributed by atoms with Gasteiger partial charge < -0.3 is 8.98 Å². The van der Waals surface area contributed by atoms with Gasteiger partial charge in [-0.2, -0.15) is 4.98 Å². The lowest BCUT2D eigenvalue weighted by atomic mass is 10.0. The average molecular weight is 476 g/mol. The highest BCUT2D eigenvalue weighted by molar-refractivity contribution is 6.10. The molecule has 4 heteroatoms. The first kappa shape index (κ1) is 20.1. The normalized spacial score (nSPS) is 11.8. The molecule has 37 heavy (non-hydrogen) atoms. The van der Waals surface area contributed by atoms with E-state index >= 15 is 0 Å². The van der Waals surface area contributed by atoms with Gasteiger partial charge in [-0.25, -0.2) is 0 Å². The summed E-state index contributed by atoms with van der Waals surface area (Å²) in [6.07, 6.45) is 0. The van der Waals surface area contributed by atoms with Crippen LogP contribution in [0, 0.1) is 0 Å². The number of nitrogens with zero attached hydrogens (tertiary/aromatic N) is 3. The Bertz CT molecular complexity index is 2080. The van der Waals surface area contributed by atoms with Gasteiger partial charge in [-0.1, -0.05) is 84.9 Å². The zero-order valence-electron chi connectivity index (χ0n) is 19.9. The van der Waals surface area contributed by atoms with Gasteiger partial charge in [0.1, 0.15) is 5.69 Å². The number of hydrogen-bond donors (Lipinski definition) is 0. The third-order valence-electron chi connectivity index (χ3n) is 7.16. The summed E-state index contributed by atoms with van der Waals surface area (Å²) in [4.78, 5) is 4.98. The first-order valence-electron chi connectivity index (χ1n) is 12.4. The molecule has 8 rings (SSSR count). The number of fused-ring (bicyclic) bond motifs is 6. The number of imidazole rings is 1. The van der Waals surface area contributed by atoms with E-state index in [2.05, 4.69) is 112 Å². The van der Waals surface area contributed by atoms with Crippen LogP contribution in [0.5, 0.6) is 0 Å². The smallest absolute Gasteiger partial charge is 0.307 e. The minimum atomic E-state index is 0.599.